The molecule has 0 fully saturated rings. The van der Waals surface area contributed by atoms with Gasteiger partial charge in [0.1, 0.15) is 0 Å². The Balaban J connectivity index is 2.22. The van der Waals surface area contributed by atoms with E-state index in [1.807, 2.05) is 0 Å². The van der Waals surface area contributed by atoms with E-state index in [0.29, 0.717) is 16.2 Å². The highest BCUT2D eigenvalue weighted by Crippen LogP contribution is 2.29. The van der Waals surface area contributed by atoms with Gasteiger partial charge in [0.15, 0.2) is 22.0 Å². The molecule has 0 radical (unpaired) electrons. The van der Waals surface area contributed by atoms with E-state index in [-0.39, 0.29) is 5.75 Å². The summed E-state index contributed by atoms with van der Waals surface area (Å²) in [5, 5.41) is 9.45. The second-order valence-electron chi connectivity index (χ2n) is 2.76. The number of benzene rings is 1. The summed E-state index contributed by atoms with van der Waals surface area (Å²) in [6.45, 7) is 0. The minimum absolute atomic E-state index is 0.0837. The summed E-state index contributed by atoms with van der Waals surface area (Å²) >= 11 is 3.12. The summed E-state index contributed by atoms with van der Waals surface area (Å²) in [5.74, 6) is 0.934. The van der Waals surface area contributed by atoms with Gasteiger partial charge in [0, 0.05) is 0 Å². The lowest BCUT2D eigenvalue weighted by Gasteiger charge is -2.05. The number of phenolic OH excluding ortho intramolecular Hbond substituents is 1. The van der Waals surface area contributed by atoms with Crippen molar-refractivity contribution in [2.45, 2.75) is 0 Å². The molecule has 1 heterocycles. The highest BCUT2D eigenvalue weighted by atomic mass is 79.9. The van der Waals surface area contributed by atoms with Crippen LogP contribution >= 0.6 is 15.9 Å². The van der Waals surface area contributed by atoms with Gasteiger partial charge in [0.25, 0.3) is 0 Å². The van der Waals surface area contributed by atoms with E-state index in [1.165, 1.54) is 12.4 Å². The van der Waals surface area contributed by atoms with Crippen molar-refractivity contribution in [3.8, 4) is 17.2 Å². The Morgan fingerprint density at radius 3 is 2.47 bits per heavy atom. The van der Waals surface area contributed by atoms with Crippen molar-refractivity contribution < 1.29 is 9.84 Å². The fourth-order valence-electron chi connectivity index (χ4n) is 1.02. The molecule has 0 bridgehead atoms. The number of ether oxygens (including phenoxy) is 1. The predicted octanol–water partition coefficient (Wildman–Crippen LogP) is 2.74. The fraction of sp³-hybridized carbons (Fsp3) is 0. The van der Waals surface area contributed by atoms with Gasteiger partial charge in [-0.15, -0.1) is 0 Å². The smallest absolute Gasteiger partial charge is 0.196 e. The van der Waals surface area contributed by atoms with Crippen LogP contribution < -0.4 is 4.74 Å². The molecule has 5 heteroatoms. The molecule has 0 atom stereocenters. The maximum atomic E-state index is 9.45. The minimum Gasteiger partial charge on any atom is -0.504 e. The van der Waals surface area contributed by atoms with E-state index >= 15 is 0 Å². The zero-order valence-corrected chi connectivity index (χ0v) is 9.18. The van der Waals surface area contributed by atoms with Crippen molar-refractivity contribution in [3.05, 3.63) is 41.4 Å². The molecule has 1 N–H and O–H groups in total. The number of aromatic nitrogens is 2. The van der Waals surface area contributed by atoms with Gasteiger partial charge < -0.3 is 9.84 Å². The van der Waals surface area contributed by atoms with Crippen molar-refractivity contribution in [1.29, 1.82) is 0 Å². The van der Waals surface area contributed by atoms with Crippen LogP contribution in [0.15, 0.2) is 41.4 Å². The minimum atomic E-state index is 0.0837. The van der Waals surface area contributed by atoms with Gasteiger partial charge in [-0.2, -0.15) is 0 Å². The van der Waals surface area contributed by atoms with Crippen LogP contribution in [0.3, 0.4) is 0 Å². The second kappa shape index (κ2) is 4.27. The van der Waals surface area contributed by atoms with Crippen LogP contribution in [0.25, 0.3) is 0 Å². The summed E-state index contributed by atoms with van der Waals surface area (Å²) < 4.78 is 5.86. The Morgan fingerprint density at radius 1 is 1.13 bits per heavy atom. The molecule has 0 unspecified atom stereocenters. The number of rotatable bonds is 2. The molecule has 0 saturated carbocycles. The van der Waals surface area contributed by atoms with Crippen molar-refractivity contribution in [1.82, 2.24) is 9.97 Å². The zero-order valence-electron chi connectivity index (χ0n) is 7.59. The molecule has 2 aromatic rings. The van der Waals surface area contributed by atoms with Crippen molar-refractivity contribution in [2.24, 2.45) is 0 Å². The third-order valence-electron chi connectivity index (χ3n) is 1.69. The number of halogens is 1. The lowest BCUT2D eigenvalue weighted by atomic mass is 10.3. The quantitative estimate of drug-likeness (QED) is 0.850. The van der Waals surface area contributed by atoms with Gasteiger partial charge in [-0.1, -0.05) is 12.1 Å². The zero-order chi connectivity index (χ0) is 10.7. The number of hydrogen-bond acceptors (Lipinski definition) is 4. The first-order valence-corrected chi connectivity index (χ1v) is 4.98. The number of para-hydroxylation sites is 2. The summed E-state index contributed by atoms with van der Waals surface area (Å²) in [5.41, 5.74) is 0. The molecule has 0 spiro atoms. The molecule has 76 valence electrons. The highest BCUT2D eigenvalue weighted by molar-refractivity contribution is 9.10. The predicted molar refractivity (Wildman–Crippen MR) is 57.9 cm³/mol. The SMILES string of the molecule is Oc1ccccc1Oc1cnc(Br)nc1. The molecule has 1 aromatic heterocycles. The second-order valence-corrected chi connectivity index (χ2v) is 3.47. The molecular weight excluding hydrogens is 260 g/mol. The van der Waals surface area contributed by atoms with Gasteiger partial charge in [0.2, 0.25) is 0 Å². The van der Waals surface area contributed by atoms with E-state index in [9.17, 15) is 5.11 Å². The Hall–Kier alpha value is -1.62. The van der Waals surface area contributed by atoms with Crippen LogP contribution in [-0.4, -0.2) is 15.1 Å². The lowest BCUT2D eigenvalue weighted by molar-refractivity contribution is 0.409. The van der Waals surface area contributed by atoms with Crippen LogP contribution in [0.4, 0.5) is 0 Å². The highest BCUT2D eigenvalue weighted by Gasteiger charge is 2.02. The molecule has 0 amide bonds. The third-order valence-corrected chi connectivity index (χ3v) is 2.10. The van der Waals surface area contributed by atoms with Crippen LogP contribution in [0.5, 0.6) is 17.2 Å². The molecule has 15 heavy (non-hydrogen) atoms. The Labute approximate surface area is 94.7 Å². The van der Waals surface area contributed by atoms with Gasteiger partial charge >= 0.3 is 0 Å². The first-order valence-electron chi connectivity index (χ1n) is 4.19. The number of phenols is 1. The van der Waals surface area contributed by atoms with Gasteiger partial charge in [-0.05, 0) is 28.1 Å². The average molecular weight is 267 g/mol. The molecule has 0 saturated heterocycles. The topological polar surface area (TPSA) is 55.2 Å². The van der Waals surface area contributed by atoms with E-state index in [1.54, 1.807) is 24.3 Å². The normalized spacial score (nSPS) is 9.93. The third kappa shape index (κ3) is 2.44. The van der Waals surface area contributed by atoms with E-state index in [0.717, 1.165) is 0 Å². The van der Waals surface area contributed by atoms with E-state index in [2.05, 4.69) is 25.9 Å². The van der Waals surface area contributed by atoms with Gasteiger partial charge in [-0.25, -0.2) is 9.97 Å². The molecule has 1 aromatic carbocycles. The van der Waals surface area contributed by atoms with Gasteiger partial charge in [-0.3, -0.25) is 0 Å². The number of aromatic hydroxyl groups is 1. The first-order chi connectivity index (χ1) is 7.25. The van der Waals surface area contributed by atoms with Crippen molar-refractivity contribution >= 4 is 15.9 Å². The van der Waals surface area contributed by atoms with Crippen molar-refractivity contribution in [3.63, 3.8) is 0 Å². The Morgan fingerprint density at radius 2 is 1.80 bits per heavy atom. The van der Waals surface area contributed by atoms with Crippen LogP contribution in [0.1, 0.15) is 0 Å². The van der Waals surface area contributed by atoms with Crippen LogP contribution in [-0.2, 0) is 0 Å². The molecule has 2 rings (SSSR count). The average Bonchev–Trinajstić information content (AvgIpc) is 2.25. The molecule has 4 nitrogen and oxygen atoms in total. The number of hydrogen-bond donors (Lipinski definition) is 1. The largest absolute Gasteiger partial charge is 0.504 e. The lowest BCUT2D eigenvalue weighted by Crippen LogP contribution is -1.88. The number of nitrogens with zero attached hydrogens (tertiary/aromatic N) is 2. The summed E-state index contributed by atoms with van der Waals surface area (Å²) in [4.78, 5) is 7.81. The monoisotopic (exact) mass is 266 g/mol. The molecule has 0 aliphatic heterocycles. The summed E-state index contributed by atoms with van der Waals surface area (Å²) in [7, 11) is 0. The van der Waals surface area contributed by atoms with Gasteiger partial charge in [0.05, 0.1) is 12.4 Å². The Kier molecular flexibility index (Phi) is 2.82. The van der Waals surface area contributed by atoms with Crippen LogP contribution in [0, 0.1) is 0 Å². The fourth-order valence-corrected chi connectivity index (χ4v) is 1.23. The first kappa shape index (κ1) is 9.92. The Bertz CT molecular complexity index is 459. The van der Waals surface area contributed by atoms with E-state index in [4.69, 9.17) is 4.74 Å². The molecule has 0 aliphatic carbocycles. The standard InChI is InChI=1S/C10H7BrN2O2/c11-10-12-5-7(6-13-10)15-9-4-2-1-3-8(9)14/h1-6,14H. The van der Waals surface area contributed by atoms with E-state index < -0.39 is 0 Å². The van der Waals surface area contributed by atoms with Crippen LogP contribution in [0.2, 0.25) is 0 Å². The molecule has 0 aliphatic rings. The van der Waals surface area contributed by atoms with Crippen molar-refractivity contribution in [2.75, 3.05) is 0 Å². The summed E-state index contributed by atoms with van der Waals surface area (Å²) in [6.07, 6.45) is 3.03. The molecular formula is C10H7BrN2O2. The maximum Gasteiger partial charge on any atom is 0.196 e. The summed E-state index contributed by atoms with van der Waals surface area (Å²) in [6, 6.07) is 6.71. The maximum absolute atomic E-state index is 9.45.